The van der Waals surface area contributed by atoms with Crippen molar-refractivity contribution in [1.29, 1.82) is 0 Å². The third-order valence-corrected chi connectivity index (χ3v) is 4.96. The van der Waals surface area contributed by atoms with Crippen LogP contribution in [-0.4, -0.2) is 30.8 Å². The highest BCUT2D eigenvalue weighted by Crippen LogP contribution is 2.20. The number of non-ortho nitro benzene ring substituents is 1. The van der Waals surface area contributed by atoms with E-state index in [1.165, 1.54) is 36.0 Å². The van der Waals surface area contributed by atoms with Crippen LogP contribution in [0.2, 0.25) is 0 Å². The van der Waals surface area contributed by atoms with Gasteiger partial charge in [0.2, 0.25) is 5.16 Å². The maximum absolute atomic E-state index is 12.3. The standard InChI is InChI=1S/C18H16N6O3S2/c1-12-20-21-18(29-11-13-6-3-2-4-7-13)23(12)22-17(28)19-16(25)14-8-5-9-15(10-14)24(26)27/h2-10H,11H2,1H3,(H2,19,22,25,28). The predicted molar refractivity (Wildman–Crippen MR) is 113 cm³/mol. The van der Waals surface area contributed by atoms with Crippen molar-refractivity contribution in [2.24, 2.45) is 0 Å². The molecule has 148 valence electrons. The summed E-state index contributed by atoms with van der Waals surface area (Å²) in [7, 11) is 0. The van der Waals surface area contributed by atoms with Gasteiger partial charge in [0.15, 0.2) is 5.11 Å². The first-order valence-electron chi connectivity index (χ1n) is 8.39. The van der Waals surface area contributed by atoms with Crippen molar-refractivity contribution in [2.75, 3.05) is 5.43 Å². The number of rotatable bonds is 6. The highest BCUT2D eigenvalue weighted by Gasteiger charge is 2.15. The van der Waals surface area contributed by atoms with Crippen molar-refractivity contribution >= 4 is 40.7 Å². The molecule has 3 rings (SSSR count). The summed E-state index contributed by atoms with van der Waals surface area (Å²) >= 11 is 6.66. The zero-order valence-corrected chi connectivity index (χ0v) is 16.9. The van der Waals surface area contributed by atoms with E-state index >= 15 is 0 Å². The maximum atomic E-state index is 12.3. The Hall–Kier alpha value is -3.31. The van der Waals surface area contributed by atoms with Gasteiger partial charge in [-0.1, -0.05) is 48.2 Å². The van der Waals surface area contributed by atoms with Crippen molar-refractivity contribution in [2.45, 2.75) is 17.8 Å². The first-order valence-corrected chi connectivity index (χ1v) is 9.79. The van der Waals surface area contributed by atoms with Crippen molar-refractivity contribution in [3.8, 4) is 0 Å². The van der Waals surface area contributed by atoms with Crippen LogP contribution in [0.1, 0.15) is 21.7 Å². The molecule has 0 unspecified atom stereocenters. The Balaban J connectivity index is 1.65. The number of carbonyl (C=O) groups is 1. The van der Waals surface area contributed by atoms with E-state index in [0.717, 1.165) is 5.56 Å². The summed E-state index contributed by atoms with van der Waals surface area (Å²) < 4.78 is 1.57. The van der Waals surface area contributed by atoms with Crippen LogP contribution in [0.15, 0.2) is 59.8 Å². The summed E-state index contributed by atoms with van der Waals surface area (Å²) in [6.45, 7) is 1.75. The number of carbonyl (C=O) groups excluding carboxylic acids is 1. The van der Waals surface area contributed by atoms with Crippen molar-refractivity contribution < 1.29 is 9.72 Å². The van der Waals surface area contributed by atoms with Crippen molar-refractivity contribution in [3.63, 3.8) is 0 Å². The molecule has 0 bridgehead atoms. The molecule has 0 aliphatic heterocycles. The highest BCUT2D eigenvalue weighted by atomic mass is 32.2. The molecule has 2 N–H and O–H groups in total. The third-order valence-electron chi connectivity index (χ3n) is 3.77. The molecule has 1 heterocycles. The number of nitro groups is 1. The molecule has 11 heteroatoms. The highest BCUT2D eigenvalue weighted by molar-refractivity contribution is 7.98. The fraction of sp³-hybridized carbons (Fsp3) is 0.111. The zero-order chi connectivity index (χ0) is 20.8. The number of aromatic nitrogens is 3. The second-order valence-corrected chi connectivity index (χ2v) is 7.19. The van der Waals surface area contributed by atoms with Gasteiger partial charge in [-0.05, 0) is 30.8 Å². The molecule has 0 atom stereocenters. The van der Waals surface area contributed by atoms with Gasteiger partial charge in [0.05, 0.1) is 4.92 Å². The molecule has 1 aromatic heterocycles. The fourth-order valence-corrected chi connectivity index (χ4v) is 3.43. The van der Waals surface area contributed by atoms with Gasteiger partial charge in [0.1, 0.15) is 5.82 Å². The van der Waals surface area contributed by atoms with Gasteiger partial charge in [-0.2, -0.15) is 0 Å². The second-order valence-electron chi connectivity index (χ2n) is 5.84. The van der Waals surface area contributed by atoms with Gasteiger partial charge >= 0.3 is 0 Å². The fourth-order valence-electron chi connectivity index (χ4n) is 2.35. The summed E-state index contributed by atoms with van der Waals surface area (Å²) in [5.74, 6) is 0.691. The predicted octanol–water partition coefficient (Wildman–Crippen LogP) is 3.05. The Morgan fingerprint density at radius 2 is 1.97 bits per heavy atom. The summed E-state index contributed by atoms with van der Waals surface area (Å²) in [5.41, 5.74) is 3.95. The Labute approximate surface area is 175 Å². The average molecular weight is 428 g/mol. The second kappa shape index (κ2) is 9.26. The molecule has 0 saturated heterocycles. The minimum absolute atomic E-state index is 0.0194. The topological polar surface area (TPSA) is 115 Å². The maximum Gasteiger partial charge on any atom is 0.270 e. The van der Waals surface area contributed by atoms with Gasteiger partial charge in [0.25, 0.3) is 11.6 Å². The van der Waals surface area contributed by atoms with Crippen molar-refractivity contribution in [3.05, 3.63) is 81.7 Å². The lowest BCUT2D eigenvalue weighted by atomic mass is 10.2. The quantitative estimate of drug-likeness (QED) is 0.266. The SMILES string of the molecule is Cc1nnc(SCc2ccccc2)n1NC(=S)NC(=O)c1cccc([N+](=O)[O-])c1. The third kappa shape index (κ3) is 5.36. The number of hydrogen-bond acceptors (Lipinski definition) is 7. The number of aryl methyl sites for hydroxylation is 1. The lowest BCUT2D eigenvalue weighted by molar-refractivity contribution is -0.384. The van der Waals surface area contributed by atoms with E-state index in [9.17, 15) is 14.9 Å². The molecule has 9 nitrogen and oxygen atoms in total. The van der Waals surface area contributed by atoms with Gasteiger partial charge in [-0.3, -0.25) is 25.7 Å². The number of thioether (sulfide) groups is 1. The molecule has 0 spiro atoms. The van der Waals surface area contributed by atoms with Gasteiger partial charge in [-0.25, -0.2) is 4.68 Å². The Bertz CT molecular complexity index is 1050. The van der Waals surface area contributed by atoms with Gasteiger partial charge in [-0.15, -0.1) is 10.2 Å². The largest absolute Gasteiger partial charge is 0.298 e. The number of thiocarbonyl (C=S) groups is 1. The summed E-state index contributed by atoms with van der Waals surface area (Å²) in [4.78, 5) is 22.6. The molecule has 1 amide bonds. The lowest BCUT2D eigenvalue weighted by Crippen LogP contribution is -2.38. The molecule has 0 fully saturated rings. The van der Waals surface area contributed by atoms with E-state index in [2.05, 4.69) is 20.9 Å². The lowest BCUT2D eigenvalue weighted by Gasteiger charge is -2.13. The molecule has 0 radical (unpaired) electrons. The number of amides is 1. The normalized spacial score (nSPS) is 10.4. The van der Waals surface area contributed by atoms with E-state index < -0.39 is 10.8 Å². The van der Waals surface area contributed by atoms with Crippen LogP contribution < -0.4 is 10.7 Å². The number of nitrogens with zero attached hydrogens (tertiary/aromatic N) is 4. The van der Waals surface area contributed by atoms with E-state index in [1.54, 1.807) is 11.6 Å². The monoisotopic (exact) mass is 428 g/mol. The minimum atomic E-state index is -0.565. The average Bonchev–Trinajstić information content (AvgIpc) is 3.06. The molecule has 29 heavy (non-hydrogen) atoms. The molecule has 3 aromatic rings. The smallest absolute Gasteiger partial charge is 0.270 e. The number of nitrogens with one attached hydrogen (secondary N) is 2. The van der Waals surface area contributed by atoms with Gasteiger partial charge in [0, 0.05) is 23.4 Å². The van der Waals surface area contributed by atoms with Crippen LogP contribution in [0.3, 0.4) is 0 Å². The van der Waals surface area contributed by atoms with E-state index in [1.807, 2.05) is 30.3 Å². The van der Waals surface area contributed by atoms with Crippen LogP contribution in [-0.2, 0) is 5.75 Å². The molecular formula is C18H16N6O3S2. The summed E-state index contributed by atoms with van der Waals surface area (Å²) in [5, 5.41) is 22.1. The molecule has 2 aromatic carbocycles. The van der Waals surface area contributed by atoms with E-state index in [0.29, 0.717) is 16.7 Å². The number of nitro benzene ring substituents is 1. The van der Waals surface area contributed by atoms with Crippen molar-refractivity contribution in [1.82, 2.24) is 20.2 Å². The molecular weight excluding hydrogens is 412 g/mol. The molecule has 0 aliphatic carbocycles. The Morgan fingerprint density at radius 1 is 1.21 bits per heavy atom. The Kier molecular flexibility index (Phi) is 6.52. The van der Waals surface area contributed by atoms with Crippen LogP contribution in [0.4, 0.5) is 5.69 Å². The summed E-state index contributed by atoms with van der Waals surface area (Å²) in [6, 6.07) is 15.3. The Morgan fingerprint density at radius 3 is 2.69 bits per heavy atom. The van der Waals surface area contributed by atoms with Crippen LogP contribution in [0.5, 0.6) is 0 Å². The summed E-state index contributed by atoms with van der Waals surface area (Å²) in [6.07, 6.45) is 0. The number of hydrogen-bond donors (Lipinski definition) is 2. The minimum Gasteiger partial charge on any atom is -0.298 e. The molecule has 0 saturated carbocycles. The number of benzene rings is 2. The van der Waals surface area contributed by atoms with Gasteiger partial charge < -0.3 is 0 Å². The molecule has 0 aliphatic rings. The van der Waals surface area contributed by atoms with E-state index in [4.69, 9.17) is 12.2 Å². The van der Waals surface area contributed by atoms with Crippen LogP contribution >= 0.6 is 24.0 Å². The van der Waals surface area contributed by atoms with Crippen LogP contribution in [0.25, 0.3) is 0 Å². The van der Waals surface area contributed by atoms with E-state index in [-0.39, 0.29) is 16.4 Å². The first-order chi connectivity index (χ1) is 13.9. The first kappa shape index (κ1) is 20.4. The van der Waals surface area contributed by atoms with Crippen LogP contribution in [0, 0.1) is 17.0 Å². The zero-order valence-electron chi connectivity index (χ0n) is 15.2.